The average molecular weight is 475 g/mol. The number of ketones is 1. The molecule has 0 bridgehead atoms. The highest BCUT2D eigenvalue weighted by Gasteiger charge is 2.36. The summed E-state index contributed by atoms with van der Waals surface area (Å²) < 4.78 is 69.8. The number of likely N-dealkylation sites (tertiary alicyclic amines) is 1. The topological polar surface area (TPSA) is 29.5 Å². The lowest BCUT2D eigenvalue weighted by molar-refractivity contribution is -0.275. The Bertz CT molecular complexity index is 1080. The van der Waals surface area contributed by atoms with Crippen molar-refractivity contribution in [2.45, 2.75) is 25.2 Å². The first kappa shape index (κ1) is 23.9. The Balaban J connectivity index is 1.62. The summed E-state index contributed by atoms with van der Waals surface area (Å²) >= 11 is 0. The van der Waals surface area contributed by atoms with Crippen LogP contribution in [0.25, 0.3) is 0 Å². The summed E-state index contributed by atoms with van der Waals surface area (Å²) in [5, 5.41) is 0. The first-order chi connectivity index (χ1) is 16.2. The van der Waals surface area contributed by atoms with Gasteiger partial charge in [0.1, 0.15) is 23.2 Å². The fourth-order valence-electron chi connectivity index (χ4n) is 4.46. The predicted molar refractivity (Wildman–Crippen MR) is 116 cm³/mol. The van der Waals surface area contributed by atoms with Crippen LogP contribution < -0.4 is 4.74 Å². The zero-order valence-corrected chi connectivity index (χ0v) is 18.1. The van der Waals surface area contributed by atoms with Gasteiger partial charge in [-0.25, -0.2) is 8.78 Å². The molecule has 0 radical (unpaired) electrons. The SMILES string of the molecule is O=C1CCN(Cc2ccccc2OC(F)(F)F)CC1C(c1ccc(F)cc1)c1ccc(F)cc1. The van der Waals surface area contributed by atoms with Crippen LogP contribution >= 0.6 is 0 Å². The van der Waals surface area contributed by atoms with Crippen molar-refractivity contribution in [3.63, 3.8) is 0 Å². The Morgan fingerprint density at radius 2 is 1.44 bits per heavy atom. The Morgan fingerprint density at radius 3 is 2.00 bits per heavy atom. The van der Waals surface area contributed by atoms with Crippen molar-refractivity contribution in [1.29, 1.82) is 0 Å². The smallest absolute Gasteiger partial charge is 0.405 e. The number of hydrogen-bond donors (Lipinski definition) is 0. The number of nitrogens with zero attached hydrogens (tertiary/aromatic N) is 1. The monoisotopic (exact) mass is 475 g/mol. The van der Waals surface area contributed by atoms with E-state index in [1.165, 1.54) is 36.4 Å². The highest BCUT2D eigenvalue weighted by molar-refractivity contribution is 5.83. The van der Waals surface area contributed by atoms with Crippen LogP contribution in [0.4, 0.5) is 22.0 Å². The number of Topliss-reactive ketones (excluding diaryl/α,β-unsaturated/α-hetero) is 1. The number of piperidine rings is 1. The molecule has 0 aliphatic carbocycles. The van der Waals surface area contributed by atoms with Gasteiger partial charge in [0.15, 0.2) is 0 Å². The molecule has 8 heteroatoms. The van der Waals surface area contributed by atoms with Gasteiger partial charge in [-0.15, -0.1) is 13.2 Å². The second-order valence-electron chi connectivity index (χ2n) is 8.29. The van der Waals surface area contributed by atoms with E-state index in [9.17, 15) is 26.7 Å². The van der Waals surface area contributed by atoms with E-state index >= 15 is 0 Å². The molecule has 4 rings (SSSR count). The van der Waals surface area contributed by atoms with Crippen molar-refractivity contribution in [2.75, 3.05) is 13.1 Å². The maximum Gasteiger partial charge on any atom is 0.573 e. The lowest BCUT2D eigenvalue weighted by Crippen LogP contribution is -2.43. The largest absolute Gasteiger partial charge is 0.573 e. The van der Waals surface area contributed by atoms with Crippen LogP contribution in [0.3, 0.4) is 0 Å². The number of carbonyl (C=O) groups is 1. The summed E-state index contributed by atoms with van der Waals surface area (Å²) in [7, 11) is 0. The number of carbonyl (C=O) groups excluding carboxylic acids is 1. The van der Waals surface area contributed by atoms with Gasteiger partial charge in [-0.2, -0.15) is 0 Å². The Kier molecular flexibility index (Phi) is 6.97. The molecule has 3 nitrogen and oxygen atoms in total. The van der Waals surface area contributed by atoms with E-state index in [-0.39, 0.29) is 31.0 Å². The predicted octanol–water partition coefficient (Wildman–Crippen LogP) is 6.09. The zero-order chi connectivity index (χ0) is 24.3. The van der Waals surface area contributed by atoms with E-state index in [1.807, 2.05) is 4.90 Å². The van der Waals surface area contributed by atoms with Crippen LogP contribution in [0.2, 0.25) is 0 Å². The molecule has 1 unspecified atom stereocenters. The molecular weight excluding hydrogens is 453 g/mol. The molecule has 1 atom stereocenters. The minimum absolute atomic E-state index is 0.00488. The molecule has 1 heterocycles. The van der Waals surface area contributed by atoms with Crippen molar-refractivity contribution in [1.82, 2.24) is 4.90 Å². The molecular formula is C26H22F5NO2. The fourth-order valence-corrected chi connectivity index (χ4v) is 4.46. The number of benzene rings is 3. The summed E-state index contributed by atoms with van der Waals surface area (Å²) in [5.41, 5.74) is 1.76. The number of hydrogen-bond acceptors (Lipinski definition) is 3. The van der Waals surface area contributed by atoms with Crippen LogP contribution in [-0.4, -0.2) is 30.1 Å². The number of halogens is 5. The van der Waals surface area contributed by atoms with Crippen molar-refractivity contribution >= 4 is 5.78 Å². The van der Waals surface area contributed by atoms with Crippen LogP contribution in [0, 0.1) is 17.6 Å². The normalized spacial score (nSPS) is 17.2. The third-order valence-corrected chi connectivity index (χ3v) is 6.00. The van der Waals surface area contributed by atoms with Crippen molar-refractivity contribution in [3.8, 4) is 5.75 Å². The molecule has 1 fully saturated rings. The van der Waals surface area contributed by atoms with Crippen molar-refractivity contribution in [2.24, 2.45) is 5.92 Å². The van der Waals surface area contributed by atoms with Crippen LogP contribution in [-0.2, 0) is 11.3 Å². The van der Waals surface area contributed by atoms with E-state index in [2.05, 4.69) is 4.74 Å². The molecule has 0 amide bonds. The third kappa shape index (κ3) is 5.80. The quantitative estimate of drug-likeness (QED) is 0.405. The highest BCUT2D eigenvalue weighted by Crippen LogP contribution is 2.37. The standard InChI is InChI=1S/C26H22F5NO2/c27-20-9-5-17(6-10-20)25(18-7-11-21(28)12-8-18)22-16-32(14-13-23(22)33)15-19-3-1-2-4-24(19)34-26(29,30)31/h1-12,22,25H,13-16H2. The fraction of sp³-hybridized carbons (Fsp3) is 0.269. The summed E-state index contributed by atoms with van der Waals surface area (Å²) in [6, 6.07) is 17.5. The maximum atomic E-state index is 13.6. The number of para-hydroxylation sites is 1. The maximum absolute atomic E-state index is 13.6. The van der Waals surface area contributed by atoms with Gasteiger partial charge in [0, 0.05) is 43.5 Å². The van der Waals surface area contributed by atoms with Crippen LogP contribution in [0.15, 0.2) is 72.8 Å². The van der Waals surface area contributed by atoms with Crippen LogP contribution in [0.1, 0.15) is 29.0 Å². The van der Waals surface area contributed by atoms with Crippen molar-refractivity contribution in [3.05, 3.63) is 101 Å². The molecule has 3 aromatic carbocycles. The van der Waals surface area contributed by atoms with Crippen LogP contribution in [0.5, 0.6) is 5.75 Å². The molecule has 178 valence electrons. The minimum atomic E-state index is -4.81. The molecule has 1 aliphatic heterocycles. The summed E-state index contributed by atoms with van der Waals surface area (Å²) in [5.74, 6) is -2.12. The molecule has 1 saturated heterocycles. The number of ether oxygens (including phenoxy) is 1. The van der Waals surface area contributed by atoms with E-state index in [1.54, 1.807) is 36.4 Å². The van der Waals surface area contributed by atoms with E-state index in [4.69, 9.17) is 0 Å². The molecule has 0 aromatic heterocycles. The van der Waals surface area contributed by atoms with Crippen molar-refractivity contribution < 1.29 is 31.5 Å². The van der Waals surface area contributed by atoms with Gasteiger partial charge in [-0.3, -0.25) is 9.69 Å². The molecule has 34 heavy (non-hydrogen) atoms. The summed E-state index contributed by atoms with van der Waals surface area (Å²) in [6.45, 7) is 0.823. The van der Waals surface area contributed by atoms with Gasteiger partial charge in [0.25, 0.3) is 0 Å². The molecule has 0 N–H and O–H groups in total. The Hall–Kier alpha value is -3.26. The Labute approximate surface area is 193 Å². The van der Waals surface area contributed by atoms with Gasteiger partial charge in [-0.1, -0.05) is 42.5 Å². The average Bonchev–Trinajstić information content (AvgIpc) is 2.79. The number of alkyl halides is 3. The zero-order valence-electron chi connectivity index (χ0n) is 18.1. The molecule has 1 aliphatic rings. The summed E-state index contributed by atoms with van der Waals surface area (Å²) in [4.78, 5) is 14.9. The third-order valence-electron chi connectivity index (χ3n) is 6.00. The van der Waals surface area contributed by atoms with Gasteiger partial charge in [0.2, 0.25) is 0 Å². The van der Waals surface area contributed by atoms with E-state index in [0.717, 1.165) is 0 Å². The number of rotatable bonds is 6. The summed E-state index contributed by atoms with van der Waals surface area (Å²) in [6.07, 6.45) is -4.60. The van der Waals surface area contributed by atoms with Gasteiger partial charge < -0.3 is 4.74 Å². The van der Waals surface area contributed by atoms with E-state index < -0.39 is 29.8 Å². The lowest BCUT2D eigenvalue weighted by atomic mass is 9.76. The van der Waals surface area contributed by atoms with Gasteiger partial charge >= 0.3 is 6.36 Å². The molecule has 0 spiro atoms. The van der Waals surface area contributed by atoms with Gasteiger partial charge in [-0.05, 0) is 41.5 Å². The second-order valence-corrected chi connectivity index (χ2v) is 8.29. The second kappa shape index (κ2) is 9.93. The Morgan fingerprint density at radius 1 is 0.882 bits per heavy atom. The lowest BCUT2D eigenvalue weighted by Gasteiger charge is -2.36. The minimum Gasteiger partial charge on any atom is -0.405 e. The molecule has 0 saturated carbocycles. The highest BCUT2D eigenvalue weighted by atomic mass is 19.4. The van der Waals surface area contributed by atoms with E-state index in [0.29, 0.717) is 23.2 Å². The first-order valence-electron chi connectivity index (χ1n) is 10.8. The van der Waals surface area contributed by atoms with Gasteiger partial charge in [0.05, 0.1) is 0 Å². The molecule has 3 aromatic rings. The first-order valence-corrected chi connectivity index (χ1v) is 10.8.